The van der Waals surface area contributed by atoms with Gasteiger partial charge in [0.25, 0.3) is 11.5 Å². The second-order valence-corrected chi connectivity index (χ2v) is 15.1. The fraction of sp³-hybridized carbons (Fsp3) is 0.0208. The maximum absolute atomic E-state index is 15.4. The minimum atomic E-state index is -7.22. The van der Waals surface area contributed by atoms with Gasteiger partial charge in [0.2, 0.25) is 17.8 Å². The Labute approximate surface area is 388 Å². The first-order chi connectivity index (χ1) is 33.9. The number of carbonyl (C=O) groups is 2. The van der Waals surface area contributed by atoms with Crippen molar-refractivity contribution in [3.8, 4) is 0 Å². The molecule has 370 valence electrons. The van der Waals surface area contributed by atoms with Crippen molar-refractivity contribution in [3.05, 3.63) is 230 Å². The molecule has 8 aromatic rings. The van der Waals surface area contributed by atoms with E-state index in [1.165, 1.54) is 0 Å². The molecule has 0 radical (unpaired) electrons. The summed E-state index contributed by atoms with van der Waals surface area (Å²) in [6.07, 6.45) is -7.22. The van der Waals surface area contributed by atoms with E-state index < -0.39 is 144 Å². The van der Waals surface area contributed by atoms with Gasteiger partial charge in [0.05, 0.1) is 0 Å². The molecule has 7 aromatic carbocycles. The number of hydrogen-bond acceptors (Lipinski definition) is 2. The van der Waals surface area contributed by atoms with E-state index in [1.54, 1.807) is 30.3 Å². The van der Waals surface area contributed by atoms with E-state index in [-0.39, 0.29) is 18.1 Å². The highest BCUT2D eigenvalue weighted by Gasteiger charge is 2.52. The van der Waals surface area contributed by atoms with E-state index in [9.17, 15) is 62.3 Å². The van der Waals surface area contributed by atoms with Gasteiger partial charge in [-0.15, -0.1) is 21.9 Å². The Bertz CT molecular complexity index is 3160. The Morgan fingerprint density at radius 1 is 0.319 bits per heavy atom. The number of rotatable bonds is 9. The fourth-order valence-electron chi connectivity index (χ4n) is 8.10. The number of para-hydroxylation sites is 1. The lowest BCUT2D eigenvalue weighted by molar-refractivity contribution is -0.658. The molecule has 3 nitrogen and oxygen atoms in total. The van der Waals surface area contributed by atoms with Crippen LogP contribution in [0.1, 0.15) is 26.4 Å². The van der Waals surface area contributed by atoms with Crippen molar-refractivity contribution in [3.63, 3.8) is 0 Å². The topological polar surface area (TPSA) is 38.0 Å². The number of aromatic nitrogens is 1. The van der Waals surface area contributed by atoms with E-state index in [0.717, 1.165) is 10.9 Å². The van der Waals surface area contributed by atoms with Gasteiger partial charge in [0, 0.05) is 28.6 Å². The minimum Gasteiger partial charge on any atom is -0.287 e. The number of benzene rings is 7. The third-order valence-electron chi connectivity index (χ3n) is 11.3. The molecular weight excluding hydrogens is 1010 g/mol. The highest BCUT2D eigenvalue weighted by Crippen LogP contribution is 2.31. The van der Waals surface area contributed by atoms with E-state index in [1.807, 2.05) is 71.3 Å². The molecule has 1 heterocycles. The van der Waals surface area contributed by atoms with Gasteiger partial charge < -0.3 is 0 Å². The lowest BCUT2D eigenvalue weighted by atomic mass is 9.12. The van der Waals surface area contributed by atoms with E-state index in [4.69, 9.17) is 0 Å². The molecule has 0 bridgehead atoms. The summed E-state index contributed by atoms with van der Waals surface area (Å²) in [5, 5.41) is 0.989. The van der Waals surface area contributed by atoms with Crippen LogP contribution in [0.5, 0.6) is 0 Å². The summed E-state index contributed by atoms with van der Waals surface area (Å²) in [7, 11) is 0. The van der Waals surface area contributed by atoms with Crippen LogP contribution in [0.15, 0.2) is 97.1 Å². The minimum absolute atomic E-state index is 0.0286. The molecule has 0 aliphatic carbocycles. The summed E-state index contributed by atoms with van der Waals surface area (Å²) in [4.78, 5) is 25.9. The number of carbonyl (C=O) groups excluding carboxylic acids is 2. The molecular formula is C48H18BF20NO2. The molecule has 0 aliphatic heterocycles. The molecule has 0 amide bonds. The molecule has 0 unspecified atom stereocenters. The number of ketones is 2. The molecule has 0 N–H and O–H groups in total. The van der Waals surface area contributed by atoms with Crippen LogP contribution < -0.4 is 26.4 Å². The zero-order chi connectivity index (χ0) is 53.0. The smallest absolute Gasteiger partial charge is 0.256 e. The highest BCUT2D eigenvalue weighted by atomic mass is 19.2. The summed E-state index contributed by atoms with van der Waals surface area (Å²) in [5.41, 5.74) is -11.7. The Morgan fingerprint density at radius 3 is 0.931 bits per heavy atom. The number of hydrogen-bond donors (Lipinski definition) is 0. The van der Waals surface area contributed by atoms with Crippen molar-refractivity contribution < 1.29 is 102 Å². The largest absolute Gasteiger partial charge is 0.287 e. The van der Waals surface area contributed by atoms with E-state index in [2.05, 4.69) is 0 Å². The molecule has 1 aromatic heterocycles. The van der Waals surface area contributed by atoms with Crippen LogP contribution >= 0.6 is 0 Å². The Kier molecular flexibility index (Phi) is 14.1. The normalized spacial score (nSPS) is 11.5. The Balaban J connectivity index is 0.000000238. The second-order valence-electron chi connectivity index (χ2n) is 15.1. The van der Waals surface area contributed by atoms with Crippen molar-refractivity contribution in [2.24, 2.45) is 0 Å². The maximum Gasteiger partial charge on any atom is 0.256 e. The van der Waals surface area contributed by atoms with Crippen molar-refractivity contribution in [2.75, 3.05) is 0 Å². The number of pyridine rings is 1. The molecule has 0 aliphatic rings. The standard InChI is InChI=1S/C24BF20.C24H18NO2/c26-5-1(6(27)14(35)21(42)13(5)34)25(2-7(28)15(36)22(43)16(37)8(2)29,3-9(30)17(38)23(44)18(39)10(3)31)4-11(32)19(40)24(45)20(41)12(4)33;26-23(19-10-3-1-4-11-19)17-25-21-14-8-7-9-18(21)15-16-22(25)24(27)20-12-5-2-6-13-20/h;1-16H,17H2/q-1;+1. The predicted octanol–water partition coefficient (Wildman–Crippen LogP) is 10.1. The van der Waals surface area contributed by atoms with Gasteiger partial charge in [0.1, 0.15) is 52.7 Å². The van der Waals surface area contributed by atoms with Crippen LogP contribution in [0.3, 0.4) is 0 Å². The maximum atomic E-state index is 15.4. The number of Topliss-reactive ketones (excluding diaryl/α,β-unsaturated/α-hetero) is 1. The Hall–Kier alpha value is -8.05. The summed E-state index contributed by atoms with van der Waals surface area (Å²) in [6, 6.07) is 29.8. The van der Waals surface area contributed by atoms with Crippen molar-refractivity contribution >= 4 is 50.5 Å². The third kappa shape index (κ3) is 8.16. The summed E-state index contributed by atoms with van der Waals surface area (Å²) in [6.45, 7) is 0.110. The van der Waals surface area contributed by atoms with E-state index in [0.29, 0.717) is 16.8 Å². The zero-order valence-electron chi connectivity index (χ0n) is 34.8. The van der Waals surface area contributed by atoms with E-state index >= 15 is 35.1 Å². The number of halogens is 20. The van der Waals surface area contributed by atoms with Crippen molar-refractivity contribution in [1.82, 2.24) is 0 Å². The first-order valence-corrected chi connectivity index (χ1v) is 19.8. The molecule has 0 saturated heterocycles. The van der Waals surface area contributed by atoms with Crippen LogP contribution in [-0.2, 0) is 6.54 Å². The first kappa shape index (κ1) is 51.8. The summed E-state index contributed by atoms with van der Waals surface area (Å²) >= 11 is 0. The van der Waals surface area contributed by atoms with Gasteiger partial charge in [-0.2, -0.15) is 4.57 Å². The van der Waals surface area contributed by atoms with Gasteiger partial charge in [-0.25, -0.2) is 87.8 Å². The van der Waals surface area contributed by atoms with Crippen molar-refractivity contribution in [2.45, 2.75) is 6.54 Å². The van der Waals surface area contributed by atoms with Crippen LogP contribution in [0, 0.1) is 116 Å². The molecule has 72 heavy (non-hydrogen) atoms. The van der Waals surface area contributed by atoms with Crippen LogP contribution in [0.2, 0.25) is 0 Å². The van der Waals surface area contributed by atoms with Crippen LogP contribution in [0.4, 0.5) is 87.8 Å². The molecule has 0 fully saturated rings. The van der Waals surface area contributed by atoms with Crippen LogP contribution in [0.25, 0.3) is 10.9 Å². The lowest BCUT2D eigenvalue weighted by Gasteiger charge is -2.44. The lowest BCUT2D eigenvalue weighted by Crippen LogP contribution is -2.81. The van der Waals surface area contributed by atoms with Crippen molar-refractivity contribution in [1.29, 1.82) is 0 Å². The second kappa shape index (κ2) is 19.6. The molecule has 0 atom stereocenters. The highest BCUT2D eigenvalue weighted by molar-refractivity contribution is 7.20. The summed E-state index contributed by atoms with van der Waals surface area (Å²) < 4.78 is 296. The quantitative estimate of drug-likeness (QED) is 0.0361. The molecule has 24 heteroatoms. The van der Waals surface area contributed by atoms with Gasteiger partial charge >= 0.3 is 0 Å². The predicted molar refractivity (Wildman–Crippen MR) is 214 cm³/mol. The van der Waals surface area contributed by atoms with Gasteiger partial charge in [-0.05, 0) is 12.1 Å². The molecule has 0 spiro atoms. The average Bonchev–Trinajstić information content (AvgIpc) is 3.39. The monoisotopic (exact) mass is 1030 g/mol. The number of fused-ring (bicyclic) bond motifs is 1. The fourth-order valence-corrected chi connectivity index (χ4v) is 8.10. The zero-order valence-corrected chi connectivity index (χ0v) is 34.8. The average molecular weight is 1030 g/mol. The van der Waals surface area contributed by atoms with Gasteiger partial charge in [-0.3, -0.25) is 9.59 Å². The number of nitrogens with zero attached hydrogens (tertiary/aromatic N) is 1. The molecule has 8 rings (SSSR count). The van der Waals surface area contributed by atoms with Crippen LogP contribution in [-0.4, -0.2) is 17.7 Å². The Morgan fingerprint density at radius 2 is 0.597 bits per heavy atom. The first-order valence-electron chi connectivity index (χ1n) is 19.8. The summed E-state index contributed by atoms with van der Waals surface area (Å²) in [5.74, 6) is -71.5. The SMILES string of the molecule is Fc1c(F)c(F)c([B-](c2c(F)c(F)c(F)c(F)c2F)(c2c(F)c(F)c(F)c(F)c2F)c2c(F)c(F)c(F)c(F)c2F)c(F)c1F.O=C(C[n+]1c(C(=O)c2ccccc2)ccc2ccccc21)c1ccccc1. The van der Waals surface area contributed by atoms with Gasteiger partial charge in [0.15, 0.2) is 69.8 Å². The third-order valence-corrected chi connectivity index (χ3v) is 11.3. The van der Waals surface area contributed by atoms with Gasteiger partial charge in [-0.1, -0.05) is 72.8 Å². The molecule has 0 saturated carbocycles.